The van der Waals surface area contributed by atoms with Crippen LogP contribution >= 0.6 is 0 Å². The second kappa shape index (κ2) is 9.43. The van der Waals surface area contributed by atoms with E-state index in [-0.39, 0.29) is 35.6 Å². The largest absolute Gasteiger partial charge is 0.381 e. The normalized spacial score (nSPS) is 23.8. The smallest absolute Gasteiger partial charge is 0.253 e. The molecule has 1 aromatic rings. The SMILES string of the molecule is COC1CCN(C(=O)C[C@H]2CC[C@@H](CNC(=O)c3cncc(F)c3)N2C)CC1. The van der Waals surface area contributed by atoms with Gasteiger partial charge in [0, 0.05) is 51.4 Å². The number of nitrogens with one attached hydrogen (secondary N) is 1. The van der Waals surface area contributed by atoms with Crippen LogP contribution in [0, 0.1) is 5.82 Å². The van der Waals surface area contributed by atoms with Gasteiger partial charge in [0.15, 0.2) is 0 Å². The number of hydrogen-bond acceptors (Lipinski definition) is 5. The summed E-state index contributed by atoms with van der Waals surface area (Å²) in [5, 5.41) is 2.85. The summed E-state index contributed by atoms with van der Waals surface area (Å²) in [4.78, 5) is 32.6. The molecule has 2 atom stereocenters. The Bertz CT molecular complexity index is 694. The van der Waals surface area contributed by atoms with E-state index < -0.39 is 5.82 Å². The quantitative estimate of drug-likeness (QED) is 0.793. The number of methoxy groups -OCH3 is 1. The van der Waals surface area contributed by atoms with E-state index in [9.17, 15) is 14.0 Å². The van der Waals surface area contributed by atoms with Crippen molar-refractivity contribution in [2.45, 2.75) is 50.3 Å². The lowest BCUT2D eigenvalue weighted by Gasteiger charge is -2.33. The van der Waals surface area contributed by atoms with Crippen molar-refractivity contribution >= 4 is 11.8 Å². The first-order valence-electron chi connectivity index (χ1n) is 9.89. The topological polar surface area (TPSA) is 74.8 Å². The van der Waals surface area contributed by atoms with Crippen molar-refractivity contribution in [1.82, 2.24) is 20.1 Å². The maximum atomic E-state index is 13.2. The summed E-state index contributed by atoms with van der Waals surface area (Å²) in [5.74, 6) is -0.665. The van der Waals surface area contributed by atoms with Crippen LogP contribution in [0.25, 0.3) is 0 Å². The lowest BCUT2D eigenvalue weighted by molar-refractivity contribution is -0.134. The van der Waals surface area contributed by atoms with E-state index in [0.29, 0.717) is 13.0 Å². The van der Waals surface area contributed by atoms with E-state index in [1.807, 2.05) is 11.9 Å². The number of halogens is 1. The third-order valence-corrected chi connectivity index (χ3v) is 5.99. The number of carbonyl (C=O) groups excluding carboxylic acids is 2. The number of hydrogen-bond donors (Lipinski definition) is 1. The molecule has 2 fully saturated rings. The summed E-state index contributed by atoms with van der Waals surface area (Å²) in [6, 6.07) is 1.53. The van der Waals surface area contributed by atoms with Gasteiger partial charge in [-0.3, -0.25) is 19.5 Å². The predicted octanol–water partition coefficient (Wildman–Crippen LogP) is 1.44. The fourth-order valence-electron chi connectivity index (χ4n) is 4.10. The van der Waals surface area contributed by atoms with E-state index in [0.717, 1.165) is 45.0 Å². The minimum absolute atomic E-state index is 0.169. The molecule has 0 unspecified atom stereocenters. The summed E-state index contributed by atoms with van der Waals surface area (Å²) >= 11 is 0. The fraction of sp³-hybridized carbons (Fsp3) is 0.650. The summed E-state index contributed by atoms with van der Waals surface area (Å²) in [6.07, 6.45) is 6.83. The zero-order chi connectivity index (χ0) is 20.1. The van der Waals surface area contributed by atoms with Crippen LogP contribution in [0.4, 0.5) is 4.39 Å². The summed E-state index contributed by atoms with van der Waals surface area (Å²) in [5.41, 5.74) is 0.215. The summed E-state index contributed by atoms with van der Waals surface area (Å²) in [6.45, 7) is 1.99. The Morgan fingerprint density at radius 1 is 1.21 bits per heavy atom. The average Bonchev–Trinajstić information content (AvgIpc) is 3.05. The predicted molar refractivity (Wildman–Crippen MR) is 102 cm³/mol. The van der Waals surface area contributed by atoms with Gasteiger partial charge >= 0.3 is 0 Å². The second-order valence-electron chi connectivity index (χ2n) is 7.67. The van der Waals surface area contributed by atoms with E-state index in [1.54, 1.807) is 7.11 Å². The molecule has 2 saturated heterocycles. The van der Waals surface area contributed by atoms with Gasteiger partial charge in [0.1, 0.15) is 5.82 Å². The fourth-order valence-corrected chi connectivity index (χ4v) is 4.10. The molecule has 1 N–H and O–H groups in total. The molecule has 7 nitrogen and oxygen atoms in total. The van der Waals surface area contributed by atoms with Crippen molar-refractivity contribution in [3.05, 3.63) is 29.8 Å². The lowest BCUT2D eigenvalue weighted by atomic mass is 10.1. The molecular weight excluding hydrogens is 363 g/mol. The van der Waals surface area contributed by atoms with Gasteiger partial charge in [-0.15, -0.1) is 0 Å². The van der Waals surface area contributed by atoms with Crippen LogP contribution in [0.15, 0.2) is 18.5 Å². The number of carbonyl (C=O) groups is 2. The molecule has 0 aliphatic carbocycles. The van der Waals surface area contributed by atoms with Gasteiger partial charge in [0.2, 0.25) is 5.91 Å². The van der Waals surface area contributed by atoms with Gasteiger partial charge in [-0.25, -0.2) is 4.39 Å². The number of likely N-dealkylation sites (tertiary alicyclic amines) is 2. The Hall–Kier alpha value is -2.06. The molecule has 2 aliphatic rings. The molecule has 0 aromatic carbocycles. The number of pyridine rings is 1. The van der Waals surface area contributed by atoms with Gasteiger partial charge in [-0.05, 0) is 38.8 Å². The highest BCUT2D eigenvalue weighted by Crippen LogP contribution is 2.25. The van der Waals surface area contributed by atoms with Crippen LogP contribution in [-0.2, 0) is 9.53 Å². The van der Waals surface area contributed by atoms with E-state index in [2.05, 4.69) is 15.2 Å². The average molecular weight is 392 g/mol. The number of piperidine rings is 1. The maximum absolute atomic E-state index is 13.2. The molecule has 154 valence electrons. The number of rotatable bonds is 6. The Morgan fingerprint density at radius 3 is 2.61 bits per heavy atom. The molecule has 1 aromatic heterocycles. The van der Waals surface area contributed by atoms with Crippen LogP contribution in [0.5, 0.6) is 0 Å². The third kappa shape index (κ3) is 5.05. The van der Waals surface area contributed by atoms with Gasteiger partial charge in [-0.2, -0.15) is 0 Å². The molecular formula is C20H29FN4O3. The first-order valence-corrected chi connectivity index (χ1v) is 9.89. The zero-order valence-corrected chi connectivity index (χ0v) is 16.6. The molecule has 28 heavy (non-hydrogen) atoms. The van der Waals surface area contributed by atoms with Gasteiger partial charge in [-0.1, -0.05) is 0 Å². The highest BCUT2D eigenvalue weighted by atomic mass is 19.1. The van der Waals surface area contributed by atoms with Crippen LogP contribution in [-0.4, -0.2) is 78.6 Å². The first-order chi connectivity index (χ1) is 13.5. The Balaban J connectivity index is 1.44. The highest BCUT2D eigenvalue weighted by molar-refractivity contribution is 5.93. The molecule has 3 heterocycles. The van der Waals surface area contributed by atoms with E-state index >= 15 is 0 Å². The minimum Gasteiger partial charge on any atom is -0.381 e. The number of amides is 2. The molecule has 0 radical (unpaired) electrons. The van der Waals surface area contributed by atoms with Crippen LogP contribution in [0.1, 0.15) is 42.5 Å². The van der Waals surface area contributed by atoms with Gasteiger partial charge in [0.25, 0.3) is 5.91 Å². The molecule has 2 amide bonds. The Labute approximate surface area is 165 Å². The third-order valence-electron chi connectivity index (χ3n) is 5.99. The number of nitrogens with zero attached hydrogens (tertiary/aromatic N) is 3. The first kappa shape index (κ1) is 20.7. The van der Waals surface area contributed by atoms with Gasteiger partial charge in [0.05, 0.1) is 17.9 Å². The molecule has 8 heteroatoms. The lowest BCUT2D eigenvalue weighted by Crippen LogP contribution is -2.45. The van der Waals surface area contributed by atoms with Crippen LogP contribution < -0.4 is 5.32 Å². The van der Waals surface area contributed by atoms with Crippen molar-refractivity contribution in [1.29, 1.82) is 0 Å². The molecule has 2 aliphatic heterocycles. The Kier molecular flexibility index (Phi) is 6.96. The van der Waals surface area contributed by atoms with Crippen LogP contribution in [0.3, 0.4) is 0 Å². The van der Waals surface area contributed by atoms with Crippen LogP contribution in [0.2, 0.25) is 0 Å². The Morgan fingerprint density at radius 2 is 1.93 bits per heavy atom. The molecule has 0 bridgehead atoms. The van der Waals surface area contributed by atoms with Crippen molar-refractivity contribution in [3.63, 3.8) is 0 Å². The number of ether oxygens (including phenoxy) is 1. The molecule has 0 spiro atoms. The zero-order valence-electron chi connectivity index (χ0n) is 16.6. The monoisotopic (exact) mass is 392 g/mol. The highest BCUT2D eigenvalue weighted by Gasteiger charge is 2.33. The minimum atomic E-state index is -0.529. The van der Waals surface area contributed by atoms with Crippen molar-refractivity contribution in [2.75, 3.05) is 33.8 Å². The standard InChI is InChI=1S/C20H29FN4O3/c1-24-16(10-19(26)25-7-5-18(28-2)6-8-25)3-4-17(24)13-23-20(27)14-9-15(21)12-22-11-14/h9,11-12,16-18H,3-8,10,13H2,1-2H3,(H,23,27)/t16-,17+/m1/s1. The van der Waals surface area contributed by atoms with Crippen molar-refractivity contribution < 1.29 is 18.7 Å². The maximum Gasteiger partial charge on any atom is 0.253 e. The van der Waals surface area contributed by atoms with E-state index in [1.165, 1.54) is 12.3 Å². The molecule has 3 rings (SSSR count). The van der Waals surface area contributed by atoms with Gasteiger partial charge < -0.3 is 15.0 Å². The summed E-state index contributed by atoms with van der Waals surface area (Å²) in [7, 11) is 3.72. The molecule has 0 saturated carbocycles. The number of aromatic nitrogens is 1. The summed E-state index contributed by atoms with van der Waals surface area (Å²) < 4.78 is 18.6. The van der Waals surface area contributed by atoms with Crippen molar-refractivity contribution in [2.24, 2.45) is 0 Å². The van der Waals surface area contributed by atoms with E-state index in [4.69, 9.17) is 4.74 Å². The van der Waals surface area contributed by atoms with Crippen molar-refractivity contribution in [3.8, 4) is 0 Å². The number of likely N-dealkylation sites (N-methyl/N-ethyl adjacent to an activating group) is 1. The second-order valence-corrected chi connectivity index (χ2v) is 7.67.